The number of amides is 1. The maximum atomic E-state index is 13.2. The lowest BCUT2D eigenvalue weighted by Gasteiger charge is -2.31. The largest absolute Gasteiger partial charge is 0.467 e. The summed E-state index contributed by atoms with van der Waals surface area (Å²) in [6.07, 6.45) is 0. The summed E-state index contributed by atoms with van der Waals surface area (Å²) >= 11 is 1.62. The number of benzene rings is 2. The number of nitrogens with one attached hydrogen (secondary N) is 1. The average molecular weight is 435 g/mol. The third-order valence-corrected chi connectivity index (χ3v) is 6.40. The molecule has 5 nitrogen and oxygen atoms in total. The van der Waals surface area contributed by atoms with Gasteiger partial charge in [0.25, 0.3) is 0 Å². The van der Waals surface area contributed by atoms with Crippen LogP contribution in [0.15, 0.2) is 60.7 Å². The van der Waals surface area contributed by atoms with E-state index in [4.69, 9.17) is 4.74 Å². The SMILES string of the molecule is COC(=O)C1N(C(=O)CNCc2ccccc2)C(c2ccccc2)SC1(C)C.Cl. The van der Waals surface area contributed by atoms with Gasteiger partial charge in [0.05, 0.1) is 13.7 Å². The van der Waals surface area contributed by atoms with Gasteiger partial charge in [0.2, 0.25) is 5.91 Å². The lowest BCUT2D eigenvalue weighted by atomic mass is 10.0. The van der Waals surface area contributed by atoms with Crippen molar-refractivity contribution in [2.75, 3.05) is 13.7 Å². The Morgan fingerprint density at radius 2 is 1.66 bits per heavy atom. The van der Waals surface area contributed by atoms with Crippen molar-refractivity contribution in [1.29, 1.82) is 0 Å². The Kier molecular flexibility index (Phi) is 8.14. The molecule has 29 heavy (non-hydrogen) atoms. The molecule has 156 valence electrons. The number of carbonyl (C=O) groups excluding carboxylic acids is 2. The van der Waals surface area contributed by atoms with Crippen molar-refractivity contribution < 1.29 is 14.3 Å². The van der Waals surface area contributed by atoms with Crippen molar-refractivity contribution in [2.45, 2.75) is 36.6 Å². The zero-order valence-corrected chi connectivity index (χ0v) is 18.5. The van der Waals surface area contributed by atoms with Gasteiger partial charge in [-0.2, -0.15) is 0 Å². The molecule has 1 heterocycles. The van der Waals surface area contributed by atoms with E-state index in [1.807, 2.05) is 74.5 Å². The zero-order valence-electron chi connectivity index (χ0n) is 16.8. The minimum Gasteiger partial charge on any atom is -0.467 e. The van der Waals surface area contributed by atoms with E-state index in [2.05, 4.69) is 5.32 Å². The topological polar surface area (TPSA) is 58.6 Å². The van der Waals surface area contributed by atoms with Crippen LogP contribution in [0.2, 0.25) is 0 Å². The van der Waals surface area contributed by atoms with E-state index in [1.54, 1.807) is 16.7 Å². The number of methoxy groups -OCH3 is 1. The molecule has 0 radical (unpaired) electrons. The van der Waals surface area contributed by atoms with Crippen molar-refractivity contribution in [3.63, 3.8) is 0 Å². The van der Waals surface area contributed by atoms with Gasteiger partial charge < -0.3 is 15.0 Å². The van der Waals surface area contributed by atoms with Crippen LogP contribution >= 0.6 is 24.2 Å². The highest BCUT2D eigenvalue weighted by molar-refractivity contribution is 8.01. The van der Waals surface area contributed by atoms with Crippen LogP contribution in [0.25, 0.3) is 0 Å². The van der Waals surface area contributed by atoms with Crippen molar-refractivity contribution in [1.82, 2.24) is 10.2 Å². The van der Waals surface area contributed by atoms with Gasteiger partial charge in [-0.1, -0.05) is 60.7 Å². The summed E-state index contributed by atoms with van der Waals surface area (Å²) in [6.45, 7) is 4.72. The number of halogens is 1. The molecule has 1 amide bonds. The Morgan fingerprint density at radius 3 is 2.24 bits per heavy atom. The van der Waals surface area contributed by atoms with Gasteiger partial charge in [0.15, 0.2) is 0 Å². The Bertz CT molecular complexity index is 817. The Morgan fingerprint density at radius 1 is 1.07 bits per heavy atom. The minimum atomic E-state index is -0.640. The van der Waals surface area contributed by atoms with Crippen LogP contribution in [-0.4, -0.2) is 41.2 Å². The molecule has 1 N–H and O–H groups in total. The Balaban J connectivity index is 0.00000300. The van der Waals surface area contributed by atoms with Gasteiger partial charge in [0.1, 0.15) is 11.4 Å². The second-order valence-electron chi connectivity index (χ2n) is 7.30. The first-order chi connectivity index (χ1) is 13.4. The van der Waals surface area contributed by atoms with E-state index in [9.17, 15) is 9.59 Å². The third kappa shape index (κ3) is 5.32. The van der Waals surface area contributed by atoms with E-state index >= 15 is 0 Å². The number of hydrogen-bond donors (Lipinski definition) is 1. The Hall–Kier alpha value is -2.02. The molecule has 0 aliphatic carbocycles. The first kappa shape index (κ1) is 23.3. The third-order valence-electron chi connectivity index (χ3n) is 4.85. The molecule has 0 aromatic heterocycles. The number of rotatable bonds is 6. The number of carbonyl (C=O) groups is 2. The van der Waals surface area contributed by atoms with Gasteiger partial charge in [-0.05, 0) is 25.0 Å². The van der Waals surface area contributed by atoms with Gasteiger partial charge in [-0.15, -0.1) is 24.2 Å². The van der Waals surface area contributed by atoms with Gasteiger partial charge in [0, 0.05) is 11.3 Å². The fraction of sp³-hybridized carbons (Fsp3) is 0.364. The maximum absolute atomic E-state index is 13.2. The molecule has 1 saturated heterocycles. The summed E-state index contributed by atoms with van der Waals surface area (Å²) in [4.78, 5) is 27.4. The molecule has 2 aromatic rings. The van der Waals surface area contributed by atoms with E-state index < -0.39 is 10.8 Å². The van der Waals surface area contributed by atoms with Gasteiger partial charge in [-0.25, -0.2) is 4.79 Å². The summed E-state index contributed by atoms with van der Waals surface area (Å²) in [6, 6.07) is 19.1. The fourth-order valence-electron chi connectivity index (χ4n) is 3.51. The van der Waals surface area contributed by atoms with E-state index in [0.29, 0.717) is 6.54 Å². The lowest BCUT2D eigenvalue weighted by molar-refractivity contribution is -0.153. The average Bonchev–Trinajstić information content (AvgIpc) is 3.00. The summed E-state index contributed by atoms with van der Waals surface area (Å²) < 4.78 is 4.59. The van der Waals surface area contributed by atoms with Crippen LogP contribution < -0.4 is 5.32 Å². The molecule has 2 atom stereocenters. The van der Waals surface area contributed by atoms with E-state index in [-0.39, 0.29) is 36.2 Å². The van der Waals surface area contributed by atoms with Crippen molar-refractivity contribution in [3.05, 3.63) is 71.8 Å². The standard InChI is InChI=1S/C22H26N2O3S.ClH/c1-22(2)19(21(26)27-3)24(20(28-22)17-12-8-5-9-13-17)18(25)15-23-14-16-10-6-4-7-11-16;/h4-13,19-20,23H,14-15H2,1-3H3;1H. The number of nitrogens with zero attached hydrogens (tertiary/aromatic N) is 1. The van der Waals surface area contributed by atoms with E-state index in [1.165, 1.54) is 7.11 Å². The molecule has 0 spiro atoms. The van der Waals surface area contributed by atoms with Crippen LogP contribution in [0.1, 0.15) is 30.3 Å². The summed E-state index contributed by atoms with van der Waals surface area (Å²) in [5.74, 6) is -0.495. The van der Waals surface area contributed by atoms with Gasteiger partial charge in [-0.3, -0.25) is 4.79 Å². The number of thioether (sulfide) groups is 1. The van der Waals surface area contributed by atoms with E-state index in [0.717, 1.165) is 11.1 Å². The van der Waals surface area contributed by atoms with Crippen LogP contribution in [0.4, 0.5) is 0 Å². The minimum absolute atomic E-state index is 0. The predicted molar refractivity (Wildman–Crippen MR) is 119 cm³/mol. The Labute approximate surface area is 182 Å². The summed E-state index contributed by atoms with van der Waals surface area (Å²) in [5.41, 5.74) is 2.11. The first-order valence-electron chi connectivity index (χ1n) is 9.30. The lowest BCUT2D eigenvalue weighted by Crippen LogP contribution is -2.51. The summed E-state index contributed by atoms with van der Waals surface area (Å²) in [7, 11) is 1.37. The van der Waals surface area contributed by atoms with Crippen molar-refractivity contribution in [2.24, 2.45) is 0 Å². The second kappa shape index (κ2) is 10.1. The van der Waals surface area contributed by atoms with Crippen molar-refractivity contribution >= 4 is 36.0 Å². The molecule has 0 saturated carbocycles. The molecule has 7 heteroatoms. The molecule has 1 fully saturated rings. The van der Waals surface area contributed by atoms with Crippen LogP contribution in [0, 0.1) is 0 Å². The highest BCUT2D eigenvalue weighted by Gasteiger charge is 2.53. The molecule has 1 aliphatic rings. The molecule has 2 unspecified atom stereocenters. The van der Waals surface area contributed by atoms with Gasteiger partial charge >= 0.3 is 5.97 Å². The number of esters is 1. The number of hydrogen-bond acceptors (Lipinski definition) is 5. The molecule has 0 bridgehead atoms. The molecule has 3 rings (SSSR count). The molecular weight excluding hydrogens is 408 g/mol. The van der Waals surface area contributed by atoms with Crippen LogP contribution in [-0.2, 0) is 20.9 Å². The van der Waals surface area contributed by atoms with Crippen LogP contribution in [0.3, 0.4) is 0 Å². The smallest absolute Gasteiger partial charge is 0.330 e. The summed E-state index contributed by atoms with van der Waals surface area (Å²) in [5, 5.41) is 2.97. The quantitative estimate of drug-likeness (QED) is 0.701. The molecule has 1 aliphatic heterocycles. The predicted octanol–water partition coefficient (Wildman–Crippen LogP) is 3.79. The van der Waals surface area contributed by atoms with Crippen LogP contribution in [0.5, 0.6) is 0 Å². The maximum Gasteiger partial charge on any atom is 0.330 e. The van der Waals surface area contributed by atoms with Crippen molar-refractivity contribution in [3.8, 4) is 0 Å². The monoisotopic (exact) mass is 434 g/mol. The molecular formula is C22H27ClN2O3S. The highest BCUT2D eigenvalue weighted by Crippen LogP contribution is 2.52. The normalized spacial score (nSPS) is 20.0. The highest BCUT2D eigenvalue weighted by atomic mass is 35.5. The molecule has 2 aromatic carbocycles. The fourth-order valence-corrected chi connectivity index (χ4v) is 5.07. The first-order valence-corrected chi connectivity index (χ1v) is 10.2. The zero-order chi connectivity index (χ0) is 20.1. The number of ether oxygens (including phenoxy) is 1. The second-order valence-corrected chi connectivity index (χ2v) is 9.03.